The summed E-state index contributed by atoms with van der Waals surface area (Å²) in [6, 6.07) is 0. The normalized spacial score (nSPS) is 24.3. The lowest BCUT2D eigenvalue weighted by Gasteiger charge is -2.16. The molecule has 0 aliphatic heterocycles. The van der Waals surface area contributed by atoms with Crippen molar-refractivity contribution in [3.8, 4) is 0 Å². The highest BCUT2D eigenvalue weighted by Gasteiger charge is 2.30. The summed E-state index contributed by atoms with van der Waals surface area (Å²) in [5.74, 6) is 0.571. The Morgan fingerprint density at radius 3 is 2.32 bits per heavy atom. The van der Waals surface area contributed by atoms with Crippen molar-refractivity contribution < 1.29 is 13.0 Å². The second kappa shape index (κ2) is 12.8. The van der Waals surface area contributed by atoms with Gasteiger partial charge in [-0.05, 0) is 71.1 Å². The van der Waals surface area contributed by atoms with Gasteiger partial charge in [-0.15, -0.1) is 0 Å². The predicted molar refractivity (Wildman–Crippen MR) is 113 cm³/mol. The summed E-state index contributed by atoms with van der Waals surface area (Å²) >= 11 is 9.26. The van der Waals surface area contributed by atoms with Gasteiger partial charge in [0.25, 0.3) is 10.1 Å². The van der Waals surface area contributed by atoms with Crippen LogP contribution in [0.4, 0.5) is 0 Å². The van der Waals surface area contributed by atoms with Gasteiger partial charge in [-0.25, -0.2) is 0 Å². The number of hydrogen-bond acceptors (Lipinski definition) is 6. The lowest BCUT2D eigenvalue weighted by atomic mass is 9.99. The molecule has 0 aromatic rings. The van der Waals surface area contributed by atoms with Crippen LogP contribution in [0.2, 0.25) is 0 Å². The predicted octanol–water partition coefficient (Wildman–Crippen LogP) is 2.74. The first-order chi connectivity index (χ1) is 11.8. The highest BCUT2D eigenvalue weighted by Crippen LogP contribution is 2.36. The molecule has 2 N–H and O–H groups in total. The molecule has 0 heterocycles. The third-order valence-electron chi connectivity index (χ3n) is 5.01. The van der Waals surface area contributed by atoms with Gasteiger partial charge in [-0.3, -0.25) is 4.55 Å². The Kier molecular flexibility index (Phi) is 12.1. The Labute approximate surface area is 165 Å². The van der Waals surface area contributed by atoms with Crippen molar-refractivity contribution in [3.63, 3.8) is 0 Å². The van der Waals surface area contributed by atoms with E-state index in [4.69, 9.17) is 4.55 Å². The summed E-state index contributed by atoms with van der Waals surface area (Å²) in [6.45, 7) is 3.32. The monoisotopic (exact) mass is 412 g/mol. The lowest BCUT2D eigenvalue weighted by molar-refractivity contribution is 0.338. The molecular formula is C17H36N2O3S3. The van der Waals surface area contributed by atoms with Gasteiger partial charge in [0.2, 0.25) is 0 Å². The van der Waals surface area contributed by atoms with Gasteiger partial charge in [0, 0.05) is 17.0 Å². The Balaban J connectivity index is 1.84. The van der Waals surface area contributed by atoms with Crippen LogP contribution < -0.4 is 5.32 Å². The minimum Gasteiger partial charge on any atom is -0.317 e. The fourth-order valence-corrected chi connectivity index (χ4v) is 4.71. The molecule has 0 spiro atoms. The second-order valence-electron chi connectivity index (χ2n) is 7.29. The summed E-state index contributed by atoms with van der Waals surface area (Å²) < 4.78 is 30.1. The van der Waals surface area contributed by atoms with E-state index in [1.165, 1.54) is 38.5 Å². The van der Waals surface area contributed by atoms with E-state index in [0.717, 1.165) is 38.4 Å². The summed E-state index contributed by atoms with van der Waals surface area (Å²) in [7, 11) is -1.96. The van der Waals surface area contributed by atoms with E-state index in [1.807, 2.05) is 11.9 Å². The van der Waals surface area contributed by atoms with Gasteiger partial charge in [0.05, 0.1) is 5.75 Å². The molecule has 150 valence electrons. The Hall–Kier alpha value is 0.530. The highest BCUT2D eigenvalue weighted by molar-refractivity contribution is 7.85. The zero-order valence-electron chi connectivity index (χ0n) is 15.4. The third-order valence-corrected chi connectivity index (χ3v) is 7.31. The molecule has 0 saturated heterocycles. The zero-order valence-corrected chi connectivity index (χ0v) is 18.0. The largest absolute Gasteiger partial charge is 0.317 e. The first-order valence-electron chi connectivity index (χ1n) is 9.50. The summed E-state index contributed by atoms with van der Waals surface area (Å²) in [5, 5.41) is 4.45. The number of rotatable bonds is 14. The first-order valence-corrected chi connectivity index (χ1v) is 12.1. The zero-order chi connectivity index (χ0) is 18.7. The van der Waals surface area contributed by atoms with Crippen LogP contribution in [-0.2, 0) is 10.1 Å². The fraction of sp³-hybridized carbons (Fsp3) is 1.00. The Morgan fingerprint density at radius 1 is 1.04 bits per heavy atom. The van der Waals surface area contributed by atoms with Gasteiger partial charge in [0.1, 0.15) is 0 Å². The van der Waals surface area contributed by atoms with E-state index in [9.17, 15) is 8.42 Å². The van der Waals surface area contributed by atoms with Crippen molar-refractivity contribution in [2.24, 2.45) is 5.92 Å². The van der Waals surface area contributed by atoms with Crippen LogP contribution in [0.1, 0.15) is 51.4 Å². The second-order valence-corrected chi connectivity index (χ2v) is 10.1. The number of nitrogens with zero attached hydrogens (tertiary/aromatic N) is 1. The van der Waals surface area contributed by atoms with Crippen molar-refractivity contribution in [1.29, 1.82) is 0 Å². The molecule has 1 fully saturated rings. The molecule has 0 unspecified atom stereocenters. The SMILES string of the molecule is CN(CCCCNCCCCC[C@@H]1CC[C@@H](S)[C@@H]1S)CCS(=O)(=O)O. The molecule has 1 saturated carbocycles. The van der Waals surface area contributed by atoms with Gasteiger partial charge in [-0.2, -0.15) is 33.7 Å². The quantitative estimate of drug-likeness (QED) is 0.201. The van der Waals surface area contributed by atoms with Gasteiger partial charge in [-0.1, -0.05) is 12.8 Å². The average molecular weight is 413 g/mol. The summed E-state index contributed by atoms with van der Waals surface area (Å²) in [4.78, 5) is 1.95. The maximum absolute atomic E-state index is 10.7. The van der Waals surface area contributed by atoms with Crippen LogP contribution in [0.3, 0.4) is 0 Å². The van der Waals surface area contributed by atoms with Crippen LogP contribution in [0.25, 0.3) is 0 Å². The molecule has 3 atom stereocenters. The molecule has 5 nitrogen and oxygen atoms in total. The van der Waals surface area contributed by atoms with Crippen molar-refractivity contribution in [1.82, 2.24) is 10.2 Å². The highest BCUT2D eigenvalue weighted by atomic mass is 32.2. The van der Waals surface area contributed by atoms with E-state index in [1.54, 1.807) is 0 Å². The molecule has 0 amide bonds. The van der Waals surface area contributed by atoms with E-state index in [0.29, 0.717) is 17.0 Å². The van der Waals surface area contributed by atoms with Crippen LogP contribution in [-0.4, -0.2) is 67.3 Å². The van der Waals surface area contributed by atoms with Crippen LogP contribution >= 0.6 is 25.3 Å². The van der Waals surface area contributed by atoms with Crippen LogP contribution in [0, 0.1) is 5.92 Å². The maximum Gasteiger partial charge on any atom is 0.266 e. The molecule has 25 heavy (non-hydrogen) atoms. The molecule has 0 bridgehead atoms. The first kappa shape index (κ1) is 23.6. The summed E-state index contributed by atoms with van der Waals surface area (Å²) in [6.07, 6.45) is 9.72. The topological polar surface area (TPSA) is 69.6 Å². The Bertz CT molecular complexity index is 448. The van der Waals surface area contributed by atoms with Crippen molar-refractivity contribution in [2.45, 2.75) is 61.9 Å². The molecule has 1 rings (SSSR count). The maximum atomic E-state index is 10.7. The molecular weight excluding hydrogens is 376 g/mol. The van der Waals surface area contributed by atoms with Gasteiger partial charge in [0.15, 0.2) is 0 Å². The van der Waals surface area contributed by atoms with Crippen molar-refractivity contribution >= 4 is 35.4 Å². The van der Waals surface area contributed by atoms with E-state index in [-0.39, 0.29) is 5.75 Å². The fourth-order valence-electron chi connectivity index (χ4n) is 3.33. The smallest absolute Gasteiger partial charge is 0.266 e. The van der Waals surface area contributed by atoms with Crippen molar-refractivity contribution in [3.05, 3.63) is 0 Å². The standard InChI is InChI=1S/C17H36N2O3S3/c1-19(13-14-25(20,21)22)12-6-5-11-18-10-4-2-3-7-15-8-9-16(23)17(15)24/h15-18,23-24H,2-14H2,1H3,(H,20,21,22)/t15-,16-,17-/m1/s1. The molecule has 0 aromatic heterocycles. The molecule has 0 radical (unpaired) electrons. The van der Waals surface area contributed by atoms with Crippen LogP contribution in [0.15, 0.2) is 0 Å². The molecule has 1 aliphatic rings. The van der Waals surface area contributed by atoms with Crippen molar-refractivity contribution in [2.75, 3.05) is 39.0 Å². The van der Waals surface area contributed by atoms with E-state index in [2.05, 4.69) is 30.6 Å². The minimum absolute atomic E-state index is 0.189. The average Bonchev–Trinajstić information content (AvgIpc) is 2.86. The van der Waals surface area contributed by atoms with Gasteiger partial charge >= 0.3 is 0 Å². The van der Waals surface area contributed by atoms with Crippen LogP contribution in [0.5, 0.6) is 0 Å². The van der Waals surface area contributed by atoms with E-state index < -0.39 is 10.1 Å². The third kappa shape index (κ3) is 11.8. The molecule has 1 aliphatic carbocycles. The summed E-state index contributed by atoms with van der Waals surface area (Å²) in [5.41, 5.74) is 0. The number of hydrogen-bond donors (Lipinski definition) is 4. The van der Waals surface area contributed by atoms with E-state index >= 15 is 0 Å². The molecule has 0 aromatic carbocycles. The number of thiol groups is 2. The minimum atomic E-state index is -3.84. The molecule has 8 heteroatoms. The number of unbranched alkanes of at least 4 members (excludes halogenated alkanes) is 3. The number of nitrogens with one attached hydrogen (secondary N) is 1. The van der Waals surface area contributed by atoms with Gasteiger partial charge < -0.3 is 10.2 Å². The Morgan fingerprint density at radius 2 is 1.72 bits per heavy atom. The lowest BCUT2D eigenvalue weighted by Crippen LogP contribution is -2.27.